The Balaban J connectivity index is 1.75. The minimum absolute atomic E-state index is 0.0484. The van der Waals surface area contributed by atoms with Crippen LogP contribution in [-0.4, -0.2) is 23.3 Å². The summed E-state index contributed by atoms with van der Waals surface area (Å²) in [5, 5.41) is 14.5. The molecule has 0 bridgehead atoms. The zero-order valence-corrected chi connectivity index (χ0v) is 17.5. The lowest BCUT2D eigenvalue weighted by molar-refractivity contribution is -0.575. The van der Waals surface area contributed by atoms with Crippen molar-refractivity contribution in [1.29, 1.82) is 0 Å². The van der Waals surface area contributed by atoms with Crippen molar-refractivity contribution in [1.82, 2.24) is 0 Å². The van der Waals surface area contributed by atoms with Gasteiger partial charge in [-0.2, -0.15) is 4.57 Å². The number of thiocarbonyl (C=S) groups is 1. The number of benzene rings is 2. The van der Waals surface area contributed by atoms with Crippen molar-refractivity contribution in [2.24, 2.45) is 0 Å². The summed E-state index contributed by atoms with van der Waals surface area (Å²) in [6.07, 6.45) is 4.63. The maximum absolute atomic E-state index is 11.2. The molecule has 152 valence electrons. The van der Waals surface area contributed by atoms with Gasteiger partial charge in [0.2, 0.25) is 0 Å². The zero-order valence-electron chi connectivity index (χ0n) is 16.7. The molecule has 5 nitrogen and oxygen atoms in total. The van der Waals surface area contributed by atoms with E-state index in [-0.39, 0.29) is 5.76 Å². The molecule has 1 aliphatic heterocycles. The first kappa shape index (κ1) is 19.9. The highest BCUT2D eigenvalue weighted by atomic mass is 32.1. The van der Waals surface area contributed by atoms with Gasteiger partial charge in [0, 0.05) is 23.4 Å². The number of ether oxygens (including phenoxy) is 2. The van der Waals surface area contributed by atoms with Crippen LogP contribution in [0.2, 0.25) is 0 Å². The third kappa shape index (κ3) is 4.28. The predicted octanol–water partition coefficient (Wildman–Crippen LogP) is 4.63. The molecule has 0 fully saturated rings. The summed E-state index contributed by atoms with van der Waals surface area (Å²) < 4.78 is 13.0. The molecular weight excluding hydrogens is 396 g/mol. The van der Waals surface area contributed by atoms with Gasteiger partial charge in [-0.05, 0) is 42.3 Å². The van der Waals surface area contributed by atoms with Gasteiger partial charge in [-0.15, -0.1) is 0 Å². The number of aryl methyl sites for hydroxylation is 1. The zero-order chi connectivity index (χ0) is 20.9. The number of anilines is 1. The number of hydrogen-bond acceptors (Lipinski definition) is 4. The number of pyridine rings is 1. The fraction of sp³-hybridized carbons (Fsp3) is 0.167. The van der Waals surface area contributed by atoms with Crippen LogP contribution in [0.5, 0.6) is 11.5 Å². The molecule has 4 rings (SSSR count). The van der Waals surface area contributed by atoms with E-state index in [9.17, 15) is 5.11 Å². The molecule has 0 saturated heterocycles. The van der Waals surface area contributed by atoms with Crippen molar-refractivity contribution in [2.75, 3.05) is 18.5 Å². The first-order valence-electron chi connectivity index (χ1n) is 9.86. The van der Waals surface area contributed by atoms with Crippen LogP contribution in [-0.2, 0) is 6.42 Å². The van der Waals surface area contributed by atoms with Crippen LogP contribution in [0.15, 0.2) is 73.1 Å². The summed E-state index contributed by atoms with van der Waals surface area (Å²) in [7, 11) is 0. The Morgan fingerprint density at radius 3 is 2.53 bits per heavy atom. The van der Waals surface area contributed by atoms with Gasteiger partial charge >= 0.3 is 0 Å². The average molecular weight is 420 g/mol. The monoisotopic (exact) mass is 419 g/mol. The highest BCUT2D eigenvalue weighted by molar-refractivity contribution is 7.81. The lowest BCUT2D eigenvalue weighted by Gasteiger charge is -2.19. The van der Waals surface area contributed by atoms with E-state index in [1.807, 2.05) is 42.7 Å². The van der Waals surface area contributed by atoms with Gasteiger partial charge in [0.1, 0.15) is 13.2 Å². The second kappa shape index (κ2) is 8.97. The van der Waals surface area contributed by atoms with Crippen LogP contribution in [0.4, 0.5) is 5.69 Å². The van der Waals surface area contributed by atoms with Gasteiger partial charge in [-0.3, -0.25) is 0 Å². The summed E-state index contributed by atoms with van der Waals surface area (Å²) in [4.78, 5) is 0.409. The van der Waals surface area contributed by atoms with Crippen molar-refractivity contribution in [3.63, 3.8) is 0 Å². The molecule has 2 aromatic carbocycles. The molecule has 0 aliphatic carbocycles. The Bertz CT molecular complexity index is 1100. The van der Waals surface area contributed by atoms with Crippen molar-refractivity contribution < 1.29 is 19.1 Å². The highest BCUT2D eigenvalue weighted by Gasteiger charge is 2.25. The van der Waals surface area contributed by atoms with Crippen LogP contribution >= 0.6 is 12.2 Å². The fourth-order valence-electron chi connectivity index (χ4n) is 3.28. The van der Waals surface area contributed by atoms with Crippen molar-refractivity contribution in [3.8, 4) is 11.5 Å². The van der Waals surface area contributed by atoms with Crippen molar-refractivity contribution in [3.05, 3.63) is 84.2 Å². The van der Waals surface area contributed by atoms with Gasteiger partial charge in [-0.25, -0.2) is 0 Å². The number of aromatic nitrogens is 1. The molecule has 30 heavy (non-hydrogen) atoms. The molecule has 2 N–H and O–H groups in total. The quantitative estimate of drug-likeness (QED) is 0.273. The number of rotatable bonds is 5. The van der Waals surface area contributed by atoms with Crippen LogP contribution in [0.3, 0.4) is 0 Å². The van der Waals surface area contributed by atoms with Gasteiger partial charge in [0.15, 0.2) is 34.6 Å². The SMILES string of the molecule is CCc1cccc(NC(=S)/C(=C(/O)c2ccc3c(c2)OCCO3)[n+]2ccccc2)c1. The third-order valence-corrected chi connectivity index (χ3v) is 5.12. The normalized spacial score (nSPS) is 13.4. The summed E-state index contributed by atoms with van der Waals surface area (Å²) in [6, 6.07) is 19.1. The molecule has 0 spiro atoms. The molecule has 2 heterocycles. The van der Waals surface area contributed by atoms with Gasteiger partial charge in [0.25, 0.3) is 5.70 Å². The Hall–Kier alpha value is -3.38. The Kier molecular flexibility index (Phi) is 5.95. The summed E-state index contributed by atoms with van der Waals surface area (Å²) >= 11 is 5.71. The molecule has 6 heteroatoms. The highest BCUT2D eigenvalue weighted by Crippen LogP contribution is 2.33. The van der Waals surface area contributed by atoms with Crippen LogP contribution in [0, 0.1) is 0 Å². The number of nitrogens with zero attached hydrogens (tertiary/aromatic N) is 1. The summed E-state index contributed by atoms with van der Waals surface area (Å²) in [5.41, 5.74) is 3.15. The van der Waals surface area contributed by atoms with E-state index in [0.717, 1.165) is 12.1 Å². The molecular formula is C24H23N2O3S+. The Morgan fingerprint density at radius 2 is 1.77 bits per heavy atom. The van der Waals surface area contributed by atoms with E-state index in [1.54, 1.807) is 22.8 Å². The van der Waals surface area contributed by atoms with Gasteiger partial charge in [0.05, 0.1) is 0 Å². The van der Waals surface area contributed by atoms with E-state index in [2.05, 4.69) is 24.4 Å². The average Bonchev–Trinajstić information content (AvgIpc) is 2.79. The van der Waals surface area contributed by atoms with E-state index < -0.39 is 0 Å². The Morgan fingerprint density at radius 1 is 1.00 bits per heavy atom. The minimum atomic E-state index is 0.0484. The molecule has 0 radical (unpaired) electrons. The van der Waals surface area contributed by atoms with Crippen LogP contribution in [0.1, 0.15) is 18.1 Å². The standard InChI is InChI=1S/C24H22N2O3S/c1-2-17-7-6-8-19(15-17)25-24(30)22(26-11-4-3-5-12-26)23(27)18-9-10-20-21(16-18)29-14-13-28-20/h3-12,15-16H,2,13-14H2,1H3,(H-,25,27,30)/p+1. The number of nitrogens with one attached hydrogen (secondary N) is 1. The third-order valence-electron chi connectivity index (χ3n) is 4.82. The van der Waals surface area contributed by atoms with Crippen molar-refractivity contribution >= 4 is 34.3 Å². The van der Waals surface area contributed by atoms with E-state index in [4.69, 9.17) is 21.7 Å². The van der Waals surface area contributed by atoms with Crippen LogP contribution in [0.25, 0.3) is 11.5 Å². The van der Waals surface area contributed by atoms with Gasteiger partial charge in [-0.1, -0.05) is 37.3 Å². The van der Waals surface area contributed by atoms with Crippen molar-refractivity contribution in [2.45, 2.75) is 13.3 Å². The molecule has 0 unspecified atom stereocenters. The summed E-state index contributed by atoms with van der Waals surface area (Å²) in [6.45, 7) is 3.11. The molecule has 3 aromatic rings. The van der Waals surface area contributed by atoms with E-state index >= 15 is 0 Å². The van der Waals surface area contributed by atoms with E-state index in [0.29, 0.717) is 41.0 Å². The smallest absolute Gasteiger partial charge is 0.288 e. The first-order chi connectivity index (χ1) is 14.7. The lowest BCUT2D eigenvalue weighted by Crippen LogP contribution is -2.38. The maximum Gasteiger partial charge on any atom is 0.288 e. The van der Waals surface area contributed by atoms with E-state index in [1.165, 1.54) is 5.56 Å². The minimum Gasteiger partial charge on any atom is -0.502 e. The summed E-state index contributed by atoms with van der Waals surface area (Å²) in [5.74, 6) is 1.33. The number of aliphatic hydroxyl groups is 1. The van der Waals surface area contributed by atoms with Crippen LogP contribution < -0.4 is 19.4 Å². The molecule has 1 aliphatic rings. The fourth-order valence-corrected chi connectivity index (χ4v) is 3.60. The lowest BCUT2D eigenvalue weighted by atomic mass is 10.1. The van der Waals surface area contributed by atoms with Gasteiger partial charge < -0.3 is 19.9 Å². The molecule has 0 atom stereocenters. The number of hydrogen-bond donors (Lipinski definition) is 2. The number of aliphatic hydroxyl groups excluding tert-OH is 1. The topological polar surface area (TPSA) is 54.6 Å². The molecule has 0 amide bonds. The second-order valence-corrected chi connectivity index (χ2v) is 7.25. The molecule has 0 saturated carbocycles. The maximum atomic E-state index is 11.2. The second-order valence-electron chi connectivity index (χ2n) is 6.85. The Labute approximate surface area is 181 Å². The number of fused-ring (bicyclic) bond motifs is 1. The predicted molar refractivity (Wildman–Crippen MR) is 122 cm³/mol. The largest absolute Gasteiger partial charge is 0.502 e. The molecule has 1 aromatic heterocycles. The first-order valence-corrected chi connectivity index (χ1v) is 10.3.